The van der Waals surface area contributed by atoms with Gasteiger partial charge in [-0.1, -0.05) is 12.8 Å². The standard InChI is InChI=1S/C27H64O8Si7/c1-36(2,21-15-20-28-23-26-24-29-26)30-38(5,6)32-40(9,10)34-42(13,14)35-41(11,12)33-39(7,8)31-37(3,4)27-18-16-25(22-27)17-19-27/h25-26H,15-24H2,1-14H3. The fourth-order valence-electron chi connectivity index (χ4n) is 7.93. The van der Waals surface area contributed by atoms with E-state index in [1.807, 2.05) is 0 Å². The zero-order valence-electron chi connectivity index (χ0n) is 29.5. The first-order chi connectivity index (χ1) is 18.9. The summed E-state index contributed by atoms with van der Waals surface area (Å²) in [7, 11) is -16.3. The topological polar surface area (TPSA) is 77.1 Å². The van der Waals surface area contributed by atoms with Gasteiger partial charge in [0.25, 0.3) is 0 Å². The highest BCUT2D eigenvalue weighted by Gasteiger charge is 2.58. The molecule has 1 atom stereocenters. The first kappa shape index (κ1) is 37.7. The lowest BCUT2D eigenvalue weighted by atomic mass is 10.0. The molecular weight excluding hydrogens is 649 g/mol. The van der Waals surface area contributed by atoms with Crippen LogP contribution in [0.1, 0.15) is 38.5 Å². The van der Waals surface area contributed by atoms with Crippen molar-refractivity contribution in [2.24, 2.45) is 5.92 Å². The second-order valence-electron chi connectivity index (χ2n) is 16.4. The van der Waals surface area contributed by atoms with Gasteiger partial charge in [0.15, 0.2) is 16.6 Å². The van der Waals surface area contributed by atoms with Gasteiger partial charge in [0.2, 0.25) is 0 Å². The summed E-state index contributed by atoms with van der Waals surface area (Å²) in [4.78, 5) is 0. The van der Waals surface area contributed by atoms with Gasteiger partial charge in [-0.05, 0) is 134 Å². The Labute approximate surface area is 265 Å². The smallest absolute Gasteiger partial charge is 0.314 e. The average molecular weight is 713 g/mol. The lowest BCUT2D eigenvalue weighted by Crippen LogP contribution is -2.61. The largest absolute Gasteiger partial charge is 0.436 e. The summed E-state index contributed by atoms with van der Waals surface area (Å²) < 4.78 is 52.1. The molecule has 42 heavy (non-hydrogen) atoms. The van der Waals surface area contributed by atoms with Gasteiger partial charge >= 0.3 is 42.8 Å². The number of fused-ring (bicyclic) bond motifs is 2. The molecule has 1 saturated heterocycles. The Morgan fingerprint density at radius 1 is 0.619 bits per heavy atom. The van der Waals surface area contributed by atoms with Crippen molar-refractivity contribution in [3.63, 3.8) is 0 Å². The first-order valence-electron chi connectivity index (χ1n) is 16.3. The van der Waals surface area contributed by atoms with Crippen LogP contribution in [0.2, 0.25) is 103 Å². The summed E-state index contributed by atoms with van der Waals surface area (Å²) in [5.74, 6) is 0.929. The number of epoxide rings is 1. The van der Waals surface area contributed by atoms with Crippen LogP contribution in [0.3, 0.4) is 0 Å². The third kappa shape index (κ3) is 11.8. The Morgan fingerprint density at radius 3 is 1.45 bits per heavy atom. The molecule has 2 bridgehead atoms. The van der Waals surface area contributed by atoms with Crippen LogP contribution in [-0.2, 0) is 34.2 Å². The summed E-state index contributed by atoms with van der Waals surface area (Å²) in [5, 5.41) is 0.442. The van der Waals surface area contributed by atoms with Gasteiger partial charge in [0.1, 0.15) is 6.10 Å². The Hall–Kier alpha value is 1.20. The van der Waals surface area contributed by atoms with Crippen LogP contribution in [0.5, 0.6) is 0 Å². The molecule has 0 amide bonds. The number of hydrogen-bond donors (Lipinski definition) is 0. The molecule has 2 saturated carbocycles. The van der Waals surface area contributed by atoms with Crippen molar-refractivity contribution in [1.29, 1.82) is 0 Å². The van der Waals surface area contributed by atoms with Crippen molar-refractivity contribution in [2.45, 2.75) is 147 Å². The Kier molecular flexibility index (Phi) is 12.0. The second kappa shape index (κ2) is 13.4. The van der Waals surface area contributed by atoms with Crippen molar-refractivity contribution in [1.82, 2.24) is 0 Å². The van der Waals surface area contributed by atoms with E-state index in [0.717, 1.165) is 31.6 Å². The quantitative estimate of drug-likeness (QED) is 0.0755. The average Bonchev–Trinajstić information content (AvgIpc) is 3.29. The zero-order valence-corrected chi connectivity index (χ0v) is 36.5. The van der Waals surface area contributed by atoms with Gasteiger partial charge in [-0.25, -0.2) is 0 Å². The predicted molar refractivity (Wildman–Crippen MR) is 188 cm³/mol. The normalized spacial score (nSPS) is 25.9. The van der Waals surface area contributed by atoms with Crippen molar-refractivity contribution in [2.75, 3.05) is 19.8 Å². The fourth-order valence-corrected chi connectivity index (χ4v) is 44.4. The molecule has 1 unspecified atom stereocenters. The lowest BCUT2D eigenvalue weighted by Gasteiger charge is -2.47. The molecule has 15 heteroatoms. The molecule has 3 fully saturated rings. The van der Waals surface area contributed by atoms with Crippen molar-refractivity contribution in [3.05, 3.63) is 0 Å². The molecule has 0 spiro atoms. The summed E-state index contributed by atoms with van der Waals surface area (Å²) in [5.41, 5.74) is 0. The van der Waals surface area contributed by atoms with E-state index in [4.69, 9.17) is 34.2 Å². The number of rotatable bonds is 19. The van der Waals surface area contributed by atoms with Crippen LogP contribution in [-0.4, -0.2) is 85.4 Å². The van der Waals surface area contributed by atoms with Crippen LogP contribution in [0.4, 0.5) is 0 Å². The molecule has 0 aromatic rings. The SMILES string of the molecule is C[Si](C)(CCCOCC1CO1)O[Si](C)(C)O[Si](C)(C)O[Si](C)(C)O[Si](C)(C)O[Si](C)(C)O[Si](C)(C)C12CCC(CC1)C2. The molecule has 0 aromatic heterocycles. The maximum atomic E-state index is 7.10. The molecule has 1 heterocycles. The van der Waals surface area contributed by atoms with Gasteiger partial charge in [-0.2, -0.15) is 0 Å². The number of ether oxygens (including phenoxy) is 2. The monoisotopic (exact) mass is 712 g/mol. The molecule has 0 aromatic carbocycles. The molecule has 0 radical (unpaired) electrons. The lowest BCUT2D eigenvalue weighted by molar-refractivity contribution is 0.116. The highest BCUT2D eigenvalue weighted by atomic mass is 28.5. The van der Waals surface area contributed by atoms with Gasteiger partial charge in [-0.15, -0.1) is 0 Å². The Morgan fingerprint density at radius 2 is 1.05 bits per heavy atom. The van der Waals surface area contributed by atoms with Crippen LogP contribution in [0, 0.1) is 5.92 Å². The van der Waals surface area contributed by atoms with Crippen molar-refractivity contribution >= 4 is 59.4 Å². The molecule has 3 aliphatic rings. The van der Waals surface area contributed by atoms with Gasteiger partial charge in [0, 0.05) is 6.61 Å². The minimum absolute atomic E-state index is 0.321. The van der Waals surface area contributed by atoms with Crippen molar-refractivity contribution in [3.8, 4) is 0 Å². The van der Waals surface area contributed by atoms with E-state index in [9.17, 15) is 0 Å². The van der Waals surface area contributed by atoms with Gasteiger partial charge in [0.05, 0.1) is 13.2 Å². The highest BCUT2D eigenvalue weighted by Crippen LogP contribution is 2.64. The molecule has 3 rings (SSSR count). The summed E-state index contributed by atoms with van der Waals surface area (Å²) in [6.07, 6.45) is 8.17. The summed E-state index contributed by atoms with van der Waals surface area (Å²) in [6, 6.07) is 1.05. The number of hydrogen-bond acceptors (Lipinski definition) is 8. The second-order valence-corrected chi connectivity index (χ2v) is 43.4. The van der Waals surface area contributed by atoms with E-state index in [0.29, 0.717) is 17.7 Å². The van der Waals surface area contributed by atoms with E-state index in [1.54, 1.807) is 0 Å². The molecule has 8 nitrogen and oxygen atoms in total. The van der Waals surface area contributed by atoms with Crippen LogP contribution < -0.4 is 0 Å². The van der Waals surface area contributed by atoms with E-state index in [2.05, 4.69) is 91.7 Å². The molecule has 0 N–H and O–H groups in total. The van der Waals surface area contributed by atoms with Crippen molar-refractivity contribution < 1.29 is 34.2 Å². The molecular formula is C27H64O8Si7. The summed E-state index contributed by atoms with van der Waals surface area (Å²) >= 11 is 0. The predicted octanol–water partition coefficient (Wildman–Crippen LogP) is 8.15. The maximum Gasteiger partial charge on any atom is 0.314 e. The van der Waals surface area contributed by atoms with E-state index in [1.165, 1.54) is 32.1 Å². The Bertz CT molecular complexity index is 901. The molecule has 248 valence electrons. The van der Waals surface area contributed by atoms with Gasteiger partial charge in [-0.3, -0.25) is 0 Å². The van der Waals surface area contributed by atoms with Crippen LogP contribution >= 0.6 is 0 Å². The summed E-state index contributed by atoms with van der Waals surface area (Å²) in [6.45, 7) is 33.4. The van der Waals surface area contributed by atoms with Crippen LogP contribution in [0.15, 0.2) is 0 Å². The van der Waals surface area contributed by atoms with E-state index in [-0.39, 0.29) is 0 Å². The third-order valence-corrected chi connectivity index (χ3v) is 37.5. The minimum Gasteiger partial charge on any atom is -0.436 e. The van der Waals surface area contributed by atoms with Crippen LogP contribution in [0.25, 0.3) is 0 Å². The fraction of sp³-hybridized carbons (Fsp3) is 1.00. The third-order valence-electron chi connectivity index (χ3n) is 8.78. The van der Waals surface area contributed by atoms with E-state index < -0.39 is 59.4 Å². The zero-order chi connectivity index (χ0) is 31.9. The van der Waals surface area contributed by atoms with E-state index >= 15 is 0 Å². The molecule has 1 aliphatic heterocycles. The highest BCUT2D eigenvalue weighted by molar-refractivity contribution is 6.92. The maximum absolute atomic E-state index is 7.10. The Balaban J connectivity index is 1.50. The minimum atomic E-state index is -2.56. The van der Waals surface area contributed by atoms with Gasteiger partial charge < -0.3 is 34.2 Å². The first-order valence-corrected chi connectivity index (χ1v) is 36.4. The molecule has 2 aliphatic carbocycles.